The molecule has 4 saturated carbocycles. The van der Waals surface area contributed by atoms with Crippen LogP contribution in [0.4, 0.5) is 13.2 Å². The van der Waals surface area contributed by atoms with Gasteiger partial charge in [-0.1, -0.05) is 39.7 Å². The van der Waals surface area contributed by atoms with Crippen molar-refractivity contribution in [1.82, 2.24) is 0 Å². The lowest BCUT2D eigenvalue weighted by Crippen LogP contribution is -2.17. The van der Waals surface area contributed by atoms with Crippen LogP contribution in [-0.2, 0) is 6.18 Å². The van der Waals surface area contributed by atoms with Crippen LogP contribution >= 0.6 is 15.9 Å². The fourth-order valence-corrected chi connectivity index (χ4v) is 6.51. The SMILES string of the molecule is COc1ccc(/C(=C2\C3CC4CC(C3)C2C4)c2ccc(Br)c(C(F)(F)F)c2)cc1. The number of rotatable bonds is 3. The Morgan fingerprint density at radius 3 is 2.34 bits per heavy atom. The van der Waals surface area contributed by atoms with Crippen molar-refractivity contribution in [2.75, 3.05) is 7.11 Å². The minimum absolute atomic E-state index is 0.0849. The van der Waals surface area contributed by atoms with Crippen molar-refractivity contribution in [1.29, 1.82) is 0 Å². The second kappa shape index (κ2) is 6.90. The monoisotopic (exact) mass is 462 g/mol. The molecule has 0 amide bonds. The van der Waals surface area contributed by atoms with E-state index in [1.54, 1.807) is 7.11 Å². The van der Waals surface area contributed by atoms with Crippen molar-refractivity contribution in [3.05, 3.63) is 69.2 Å². The molecular formula is C24H22BrF3O. The molecule has 29 heavy (non-hydrogen) atoms. The molecule has 4 aliphatic rings. The normalized spacial score (nSPS) is 29.4. The van der Waals surface area contributed by atoms with Crippen LogP contribution in [0.15, 0.2) is 52.5 Å². The predicted octanol–water partition coefficient (Wildman–Crippen LogP) is 7.34. The van der Waals surface area contributed by atoms with Gasteiger partial charge in [-0.05, 0) is 90.3 Å². The maximum absolute atomic E-state index is 13.6. The summed E-state index contributed by atoms with van der Waals surface area (Å²) in [5, 5.41) is 0. The summed E-state index contributed by atoms with van der Waals surface area (Å²) in [7, 11) is 1.62. The van der Waals surface area contributed by atoms with E-state index in [4.69, 9.17) is 4.74 Å². The van der Waals surface area contributed by atoms with Gasteiger partial charge in [0.05, 0.1) is 12.7 Å². The summed E-state index contributed by atoms with van der Waals surface area (Å²) < 4.78 is 46.2. The summed E-state index contributed by atoms with van der Waals surface area (Å²) >= 11 is 3.09. The van der Waals surface area contributed by atoms with E-state index in [0.29, 0.717) is 23.3 Å². The van der Waals surface area contributed by atoms with Gasteiger partial charge in [-0.15, -0.1) is 0 Å². The molecule has 5 heteroatoms. The highest BCUT2D eigenvalue weighted by Crippen LogP contribution is 2.62. The highest BCUT2D eigenvalue weighted by atomic mass is 79.9. The third-order valence-electron chi connectivity index (χ3n) is 7.06. The molecule has 6 rings (SSSR count). The lowest BCUT2D eigenvalue weighted by Gasteiger charge is -2.30. The molecular weight excluding hydrogens is 441 g/mol. The molecule has 0 heterocycles. The van der Waals surface area contributed by atoms with Gasteiger partial charge < -0.3 is 4.74 Å². The molecule has 152 valence electrons. The van der Waals surface area contributed by atoms with Gasteiger partial charge in [-0.3, -0.25) is 0 Å². The molecule has 0 saturated heterocycles. The first kappa shape index (κ1) is 19.2. The number of hydrogen-bond donors (Lipinski definition) is 0. The minimum Gasteiger partial charge on any atom is -0.497 e. The Morgan fingerprint density at radius 1 is 0.966 bits per heavy atom. The van der Waals surface area contributed by atoms with Crippen LogP contribution in [0.2, 0.25) is 0 Å². The van der Waals surface area contributed by atoms with Gasteiger partial charge >= 0.3 is 6.18 Å². The van der Waals surface area contributed by atoms with E-state index in [9.17, 15) is 13.2 Å². The molecule has 2 aromatic rings. The first-order chi connectivity index (χ1) is 13.8. The molecule has 4 unspecified atom stereocenters. The van der Waals surface area contributed by atoms with Crippen LogP contribution < -0.4 is 4.74 Å². The fraction of sp³-hybridized carbons (Fsp3) is 0.417. The van der Waals surface area contributed by atoms with Gasteiger partial charge in [0.15, 0.2) is 0 Å². The average Bonchev–Trinajstić information content (AvgIpc) is 3.11. The Balaban J connectivity index is 1.71. The first-order valence-corrected chi connectivity index (χ1v) is 10.9. The van der Waals surface area contributed by atoms with Gasteiger partial charge in [-0.2, -0.15) is 13.2 Å². The third kappa shape index (κ3) is 3.22. The van der Waals surface area contributed by atoms with Crippen molar-refractivity contribution in [3.8, 4) is 5.75 Å². The van der Waals surface area contributed by atoms with E-state index in [-0.39, 0.29) is 4.47 Å². The topological polar surface area (TPSA) is 9.23 Å². The molecule has 0 N–H and O–H groups in total. The van der Waals surface area contributed by atoms with Crippen molar-refractivity contribution in [2.24, 2.45) is 23.7 Å². The summed E-state index contributed by atoms with van der Waals surface area (Å²) in [6, 6.07) is 12.4. The fourth-order valence-electron chi connectivity index (χ4n) is 6.04. The van der Waals surface area contributed by atoms with Crippen LogP contribution in [0.3, 0.4) is 0 Å². The zero-order valence-corrected chi connectivity index (χ0v) is 17.7. The quantitative estimate of drug-likeness (QED) is 0.463. The summed E-state index contributed by atoms with van der Waals surface area (Å²) in [6.45, 7) is 0. The van der Waals surface area contributed by atoms with E-state index in [1.807, 2.05) is 30.3 Å². The van der Waals surface area contributed by atoms with Crippen molar-refractivity contribution in [3.63, 3.8) is 0 Å². The number of halogens is 4. The lowest BCUT2D eigenvalue weighted by molar-refractivity contribution is -0.138. The Labute approximate surface area is 177 Å². The highest BCUT2D eigenvalue weighted by molar-refractivity contribution is 9.10. The van der Waals surface area contributed by atoms with Crippen LogP contribution in [0, 0.1) is 23.7 Å². The smallest absolute Gasteiger partial charge is 0.417 e. The maximum atomic E-state index is 13.6. The summed E-state index contributed by atoms with van der Waals surface area (Å²) in [5.74, 6) is 3.29. The first-order valence-electron chi connectivity index (χ1n) is 10.1. The number of ether oxygens (including phenoxy) is 1. The summed E-state index contributed by atoms with van der Waals surface area (Å²) in [5.41, 5.74) is 3.42. The molecule has 0 radical (unpaired) electrons. The van der Waals surface area contributed by atoms with E-state index in [2.05, 4.69) is 15.9 Å². The highest BCUT2D eigenvalue weighted by Gasteiger charge is 2.51. The molecule has 2 aromatic carbocycles. The average molecular weight is 463 g/mol. The van der Waals surface area contributed by atoms with Crippen molar-refractivity contribution >= 4 is 21.5 Å². The largest absolute Gasteiger partial charge is 0.497 e. The van der Waals surface area contributed by atoms with Gasteiger partial charge in [0.25, 0.3) is 0 Å². The van der Waals surface area contributed by atoms with Gasteiger partial charge in [0.2, 0.25) is 0 Å². The molecule has 4 aliphatic carbocycles. The summed E-state index contributed by atoms with van der Waals surface area (Å²) in [4.78, 5) is 0. The Hall–Kier alpha value is -1.75. The van der Waals surface area contributed by atoms with Gasteiger partial charge in [-0.25, -0.2) is 0 Å². The molecule has 0 aromatic heterocycles. The van der Waals surface area contributed by atoms with Crippen LogP contribution in [0.25, 0.3) is 5.57 Å². The van der Waals surface area contributed by atoms with Gasteiger partial charge in [0.1, 0.15) is 5.75 Å². The van der Waals surface area contributed by atoms with Crippen LogP contribution in [0.5, 0.6) is 5.75 Å². The third-order valence-corrected chi connectivity index (χ3v) is 7.76. The number of methoxy groups -OCH3 is 1. The van der Waals surface area contributed by atoms with E-state index in [0.717, 1.165) is 22.8 Å². The van der Waals surface area contributed by atoms with Crippen LogP contribution in [-0.4, -0.2) is 7.11 Å². The molecule has 4 atom stereocenters. The maximum Gasteiger partial charge on any atom is 0.417 e. The Bertz CT molecular complexity index is 973. The van der Waals surface area contributed by atoms with Crippen molar-refractivity contribution in [2.45, 2.75) is 31.9 Å². The zero-order chi connectivity index (χ0) is 20.3. The van der Waals surface area contributed by atoms with Gasteiger partial charge in [0, 0.05) is 4.47 Å². The number of benzene rings is 2. The molecule has 1 nitrogen and oxygen atoms in total. The van der Waals surface area contributed by atoms with Crippen LogP contribution in [0.1, 0.15) is 42.4 Å². The zero-order valence-electron chi connectivity index (χ0n) is 16.1. The number of alkyl halides is 3. The summed E-state index contributed by atoms with van der Waals surface area (Å²) in [6.07, 6.45) is 0.467. The molecule has 4 bridgehead atoms. The second-order valence-electron chi connectivity index (χ2n) is 8.62. The second-order valence-corrected chi connectivity index (χ2v) is 9.48. The minimum atomic E-state index is -4.39. The number of allylic oxidation sites excluding steroid dienone is 1. The Morgan fingerprint density at radius 2 is 1.69 bits per heavy atom. The molecule has 4 fully saturated rings. The van der Waals surface area contributed by atoms with E-state index >= 15 is 0 Å². The predicted molar refractivity (Wildman–Crippen MR) is 111 cm³/mol. The molecule has 0 aliphatic heterocycles. The lowest BCUT2D eigenvalue weighted by atomic mass is 9.75. The number of hydrogen-bond acceptors (Lipinski definition) is 1. The van der Waals surface area contributed by atoms with E-state index in [1.165, 1.54) is 43.4 Å². The molecule has 0 spiro atoms. The van der Waals surface area contributed by atoms with E-state index < -0.39 is 11.7 Å². The standard InChI is InChI=1S/C24H22BrF3O/c1-29-18-5-2-14(3-6-18)22(15-4-7-21(25)20(12-15)24(26,27)28)23-17-9-13-8-16(11-17)19(23)10-13/h2-7,12-13,16-17,19H,8-11H2,1H3/b23-22-. The Kier molecular flexibility index (Phi) is 4.57. The van der Waals surface area contributed by atoms with Crippen molar-refractivity contribution < 1.29 is 17.9 Å².